The first-order chi connectivity index (χ1) is 24.5. The number of rotatable bonds is 19. The fraction of sp³-hybridized carbons (Fsp3) is 0.282. The minimum Gasteiger partial charge on any atom is -0.463 e. The minimum absolute atomic E-state index is 0.152. The Kier molecular flexibility index (Phi) is 15.8. The number of benzene rings is 3. The molecule has 1 atom stereocenters. The molecule has 3 aromatic carbocycles. The summed E-state index contributed by atoms with van der Waals surface area (Å²) in [5.41, 5.74) is 0.926. The molecule has 0 radical (unpaired) electrons. The number of carbonyl (C=O) groups excluding carboxylic acids is 6. The molecule has 51 heavy (non-hydrogen) atoms. The molecule has 0 aliphatic heterocycles. The third-order valence-electron chi connectivity index (χ3n) is 7.13. The summed E-state index contributed by atoms with van der Waals surface area (Å²) >= 11 is 0. The highest BCUT2D eigenvalue weighted by Gasteiger charge is 2.24. The molecule has 0 aliphatic rings. The second kappa shape index (κ2) is 20.5. The Balaban J connectivity index is 1.48. The maximum absolute atomic E-state index is 12.8. The van der Waals surface area contributed by atoms with Gasteiger partial charge in [0.25, 0.3) is 0 Å². The summed E-state index contributed by atoms with van der Waals surface area (Å²) in [5.74, 6) is -2.82. The maximum Gasteiger partial charge on any atom is 0.352 e. The summed E-state index contributed by atoms with van der Waals surface area (Å²) in [4.78, 5) is 72.9. The molecule has 0 aliphatic carbocycles. The fourth-order valence-electron chi connectivity index (χ4n) is 4.39. The standard InChI is InChI=1S/C39H40O12/c1-5-8-12-33(50-35(41)7-3)39(45)48-30-20-16-28(17-21-30)38(44)51-32-23-22-31(25-26(32)4)49-37(43)27-14-18-29(19-15-27)47-36(42)13-10-9-11-24-46-34(40)6-2/h6-7,14-23,25,33H,2-3,5,8-13,24H2,1,4H3. The zero-order valence-corrected chi connectivity index (χ0v) is 28.6. The van der Waals surface area contributed by atoms with Gasteiger partial charge in [0.15, 0.2) is 6.10 Å². The van der Waals surface area contributed by atoms with Gasteiger partial charge in [-0.05, 0) is 111 Å². The third-order valence-corrected chi connectivity index (χ3v) is 7.13. The van der Waals surface area contributed by atoms with Crippen LogP contribution in [0, 0.1) is 6.92 Å². The predicted molar refractivity (Wildman–Crippen MR) is 184 cm³/mol. The molecule has 12 heteroatoms. The van der Waals surface area contributed by atoms with Crippen molar-refractivity contribution in [3.8, 4) is 23.0 Å². The van der Waals surface area contributed by atoms with Gasteiger partial charge in [0, 0.05) is 18.6 Å². The molecule has 1 unspecified atom stereocenters. The van der Waals surface area contributed by atoms with Gasteiger partial charge in [-0.1, -0.05) is 26.5 Å². The molecule has 0 N–H and O–H groups in total. The van der Waals surface area contributed by atoms with Crippen molar-refractivity contribution in [2.24, 2.45) is 0 Å². The van der Waals surface area contributed by atoms with Crippen LogP contribution in [-0.2, 0) is 28.7 Å². The SMILES string of the molecule is C=CC(=O)OCCCCCC(=O)Oc1ccc(C(=O)Oc2ccc(OC(=O)c3ccc(OC(=O)C(CCCC)OC(=O)C=C)cc3)c(C)c2)cc1. The van der Waals surface area contributed by atoms with E-state index in [0.717, 1.165) is 18.6 Å². The number of unbranched alkanes of at least 4 members (excludes halogenated alkanes) is 3. The van der Waals surface area contributed by atoms with Crippen molar-refractivity contribution in [3.05, 3.63) is 109 Å². The van der Waals surface area contributed by atoms with Gasteiger partial charge in [-0.2, -0.15) is 0 Å². The molecule has 3 rings (SSSR count). The van der Waals surface area contributed by atoms with Crippen LogP contribution >= 0.6 is 0 Å². The Morgan fingerprint density at radius 2 is 1.25 bits per heavy atom. The van der Waals surface area contributed by atoms with Crippen molar-refractivity contribution >= 4 is 35.8 Å². The number of aryl methyl sites for hydroxylation is 1. The van der Waals surface area contributed by atoms with Crippen LogP contribution in [0.25, 0.3) is 0 Å². The third kappa shape index (κ3) is 13.4. The van der Waals surface area contributed by atoms with E-state index in [1.807, 2.05) is 6.92 Å². The van der Waals surface area contributed by atoms with Crippen molar-refractivity contribution in [1.29, 1.82) is 0 Å². The summed E-state index contributed by atoms with van der Waals surface area (Å²) in [6.45, 7) is 10.5. The second-order valence-electron chi connectivity index (χ2n) is 11.1. The van der Waals surface area contributed by atoms with E-state index >= 15 is 0 Å². The van der Waals surface area contributed by atoms with Crippen molar-refractivity contribution in [2.45, 2.75) is 64.9 Å². The smallest absolute Gasteiger partial charge is 0.352 e. The first-order valence-electron chi connectivity index (χ1n) is 16.3. The number of esters is 6. The van der Waals surface area contributed by atoms with Gasteiger partial charge in [0.1, 0.15) is 23.0 Å². The maximum atomic E-state index is 12.8. The number of hydrogen-bond donors (Lipinski definition) is 0. The van der Waals surface area contributed by atoms with E-state index in [1.165, 1.54) is 66.7 Å². The average Bonchev–Trinajstić information content (AvgIpc) is 3.12. The van der Waals surface area contributed by atoms with Crippen LogP contribution in [0.4, 0.5) is 0 Å². The molecule has 0 amide bonds. The van der Waals surface area contributed by atoms with E-state index in [1.54, 1.807) is 6.92 Å². The molecule has 0 spiro atoms. The predicted octanol–water partition coefficient (Wildman–Crippen LogP) is 6.82. The van der Waals surface area contributed by atoms with E-state index in [2.05, 4.69) is 13.2 Å². The van der Waals surface area contributed by atoms with E-state index in [-0.39, 0.29) is 47.2 Å². The average molecular weight is 701 g/mol. The quantitative estimate of drug-likeness (QED) is 0.0557. The molecule has 0 aromatic heterocycles. The van der Waals surface area contributed by atoms with E-state index in [9.17, 15) is 28.8 Å². The Morgan fingerprint density at radius 1 is 0.667 bits per heavy atom. The largest absolute Gasteiger partial charge is 0.463 e. The van der Waals surface area contributed by atoms with Crippen LogP contribution in [0.1, 0.15) is 78.1 Å². The van der Waals surface area contributed by atoms with Gasteiger partial charge in [0.2, 0.25) is 0 Å². The number of ether oxygens (including phenoxy) is 6. The van der Waals surface area contributed by atoms with Crippen LogP contribution in [0.5, 0.6) is 23.0 Å². The lowest BCUT2D eigenvalue weighted by molar-refractivity contribution is -0.159. The Morgan fingerprint density at radius 3 is 1.84 bits per heavy atom. The van der Waals surface area contributed by atoms with Crippen molar-refractivity contribution < 1.29 is 57.2 Å². The Bertz CT molecular complexity index is 1710. The highest BCUT2D eigenvalue weighted by atomic mass is 16.6. The van der Waals surface area contributed by atoms with Crippen molar-refractivity contribution in [3.63, 3.8) is 0 Å². The Labute approximate surface area is 295 Å². The summed E-state index contributed by atoms with van der Waals surface area (Å²) in [6, 6.07) is 16.1. The molecular formula is C39H40O12. The lowest BCUT2D eigenvalue weighted by Gasteiger charge is -2.15. The topological polar surface area (TPSA) is 158 Å². The molecular weight excluding hydrogens is 660 g/mol. The van der Waals surface area contributed by atoms with Crippen LogP contribution < -0.4 is 18.9 Å². The molecule has 0 fully saturated rings. The van der Waals surface area contributed by atoms with E-state index in [4.69, 9.17) is 28.4 Å². The zero-order chi connectivity index (χ0) is 37.2. The minimum atomic E-state index is -1.08. The highest BCUT2D eigenvalue weighted by molar-refractivity contribution is 5.92. The molecule has 0 saturated carbocycles. The van der Waals surface area contributed by atoms with Crippen molar-refractivity contribution in [1.82, 2.24) is 0 Å². The van der Waals surface area contributed by atoms with Gasteiger partial charge in [-0.15, -0.1) is 0 Å². The van der Waals surface area contributed by atoms with Crippen molar-refractivity contribution in [2.75, 3.05) is 6.61 Å². The first-order valence-corrected chi connectivity index (χ1v) is 16.3. The van der Waals surface area contributed by atoms with Crippen LogP contribution in [0.15, 0.2) is 92.0 Å². The lowest BCUT2D eigenvalue weighted by Crippen LogP contribution is -2.30. The normalized spacial score (nSPS) is 10.9. The molecule has 0 saturated heterocycles. The molecule has 0 bridgehead atoms. The summed E-state index contributed by atoms with van der Waals surface area (Å²) in [5, 5.41) is 0. The van der Waals surface area contributed by atoms with Crippen LogP contribution in [0.2, 0.25) is 0 Å². The highest BCUT2D eigenvalue weighted by Crippen LogP contribution is 2.26. The number of carbonyl (C=O) groups is 6. The van der Waals surface area contributed by atoms with E-state index in [0.29, 0.717) is 37.7 Å². The fourth-order valence-corrected chi connectivity index (χ4v) is 4.39. The van der Waals surface area contributed by atoms with Gasteiger partial charge in [-0.3, -0.25) is 4.79 Å². The second-order valence-corrected chi connectivity index (χ2v) is 11.1. The zero-order valence-electron chi connectivity index (χ0n) is 28.6. The summed E-state index contributed by atoms with van der Waals surface area (Å²) < 4.78 is 31.6. The molecule has 3 aromatic rings. The van der Waals surface area contributed by atoms with E-state index < -0.39 is 41.9 Å². The van der Waals surface area contributed by atoms with Crippen LogP contribution in [0.3, 0.4) is 0 Å². The number of hydrogen-bond acceptors (Lipinski definition) is 12. The lowest BCUT2D eigenvalue weighted by atomic mass is 10.1. The Hall–Kier alpha value is -6.04. The molecule has 0 heterocycles. The molecule has 268 valence electrons. The molecule has 12 nitrogen and oxygen atoms in total. The van der Waals surface area contributed by atoms with Gasteiger partial charge >= 0.3 is 35.8 Å². The van der Waals surface area contributed by atoms with Gasteiger partial charge in [0.05, 0.1) is 17.7 Å². The summed E-state index contributed by atoms with van der Waals surface area (Å²) in [6.07, 6.45) is 4.77. The monoisotopic (exact) mass is 700 g/mol. The first kappa shape index (κ1) is 39.4. The van der Waals surface area contributed by atoms with Crippen LogP contribution in [-0.4, -0.2) is 48.5 Å². The van der Waals surface area contributed by atoms with Gasteiger partial charge < -0.3 is 28.4 Å². The van der Waals surface area contributed by atoms with Gasteiger partial charge in [-0.25, -0.2) is 24.0 Å². The summed E-state index contributed by atoms with van der Waals surface area (Å²) in [7, 11) is 0.